The van der Waals surface area contributed by atoms with Crippen molar-refractivity contribution in [3.63, 3.8) is 0 Å². The Morgan fingerprint density at radius 1 is 1.33 bits per heavy atom. The highest BCUT2D eigenvalue weighted by Gasteiger charge is 2.13. The number of nitrogens with one attached hydrogen (secondary N) is 1. The molecule has 0 atom stereocenters. The van der Waals surface area contributed by atoms with Gasteiger partial charge < -0.3 is 15.0 Å². The average molecular weight is 296 g/mol. The third kappa shape index (κ3) is 6.44. The van der Waals surface area contributed by atoms with Crippen LogP contribution in [0.3, 0.4) is 0 Å². The summed E-state index contributed by atoms with van der Waals surface area (Å²) in [5.74, 6) is 0.367. The highest BCUT2D eigenvalue weighted by molar-refractivity contribution is 5.54. The van der Waals surface area contributed by atoms with E-state index in [0.29, 0.717) is 19.1 Å². The molecule has 0 radical (unpaired) electrons. The van der Waals surface area contributed by atoms with Crippen LogP contribution in [0, 0.1) is 11.7 Å². The van der Waals surface area contributed by atoms with Gasteiger partial charge in [-0.2, -0.15) is 0 Å². The molecule has 0 heterocycles. The molecule has 0 aliphatic heterocycles. The van der Waals surface area contributed by atoms with Crippen LogP contribution in [0.25, 0.3) is 0 Å². The van der Waals surface area contributed by atoms with Crippen molar-refractivity contribution >= 4 is 5.69 Å². The van der Waals surface area contributed by atoms with Crippen molar-refractivity contribution in [3.8, 4) is 0 Å². The highest BCUT2D eigenvalue weighted by atomic mass is 19.1. The van der Waals surface area contributed by atoms with E-state index in [4.69, 9.17) is 4.74 Å². The average Bonchev–Trinajstić information content (AvgIpc) is 2.44. The fourth-order valence-electron chi connectivity index (χ4n) is 2.36. The molecule has 4 heteroatoms. The second-order valence-corrected chi connectivity index (χ2v) is 5.78. The molecule has 0 spiro atoms. The molecule has 0 bridgehead atoms. The summed E-state index contributed by atoms with van der Waals surface area (Å²) in [6.45, 7) is 10.6. The highest BCUT2D eigenvalue weighted by Crippen LogP contribution is 2.23. The molecule has 0 aliphatic rings. The number of rotatable bonds is 10. The van der Waals surface area contributed by atoms with Gasteiger partial charge in [0.05, 0.1) is 6.61 Å². The molecule has 0 unspecified atom stereocenters. The Morgan fingerprint density at radius 3 is 2.71 bits per heavy atom. The molecule has 0 aromatic heterocycles. The second kappa shape index (κ2) is 9.74. The van der Waals surface area contributed by atoms with Crippen molar-refractivity contribution in [3.05, 3.63) is 29.6 Å². The summed E-state index contributed by atoms with van der Waals surface area (Å²) in [4.78, 5) is 2.29. The Kier molecular flexibility index (Phi) is 8.31. The molecule has 0 saturated heterocycles. The zero-order valence-electron chi connectivity index (χ0n) is 13.8. The summed E-state index contributed by atoms with van der Waals surface area (Å²) >= 11 is 0. The lowest BCUT2D eigenvalue weighted by molar-refractivity contribution is 0.204. The number of hydrogen-bond acceptors (Lipinski definition) is 3. The van der Waals surface area contributed by atoms with Crippen molar-refractivity contribution in [2.75, 3.05) is 38.3 Å². The molecule has 1 aromatic rings. The van der Waals surface area contributed by atoms with Gasteiger partial charge >= 0.3 is 0 Å². The van der Waals surface area contributed by atoms with Gasteiger partial charge in [-0.05, 0) is 42.6 Å². The van der Waals surface area contributed by atoms with Crippen LogP contribution in [0.1, 0.15) is 32.8 Å². The fraction of sp³-hybridized carbons (Fsp3) is 0.647. The van der Waals surface area contributed by atoms with Crippen molar-refractivity contribution < 1.29 is 9.13 Å². The summed E-state index contributed by atoms with van der Waals surface area (Å²) in [7, 11) is 1.71. The molecule has 0 saturated carbocycles. The minimum atomic E-state index is -0.178. The lowest BCUT2D eigenvalue weighted by Gasteiger charge is -2.29. The first-order chi connectivity index (χ1) is 10.1. The van der Waals surface area contributed by atoms with E-state index in [1.165, 1.54) is 0 Å². The molecular weight excluding hydrogens is 267 g/mol. The van der Waals surface area contributed by atoms with Crippen LogP contribution in [0.2, 0.25) is 0 Å². The SMILES string of the molecule is CCCNCc1cc(F)ccc1N(CCOC)CC(C)C. The fourth-order valence-corrected chi connectivity index (χ4v) is 2.36. The Bertz CT molecular complexity index is 410. The summed E-state index contributed by atoms with van der Waals surface area (Å²) in [5, 5.41) is 3.36. The largest absolute Gasteiger partial charge is 0.383 e. The van der Waals surface area contributed by atoms with E-state index in [0.717, 1.165) is 37.3 Å². The number of benzene rings is 1. The Hall–Kier alpha value is -1.13. The van der Waals surface area contributed by atoms with Gasteiger partial charge in [-0.1, -0.05) is 20.8 Å². The second-order valence-electron chi connectivity index (χ2n) is 5.78. The zero-order chi connectivity index (χ0) is 15.7. The minimum absolute atomic E-state index is 0.178. The van der Waals surface area contributed by atoms with E-state index >= 15 is 0 Å². The van der Waals surface area contributed by atoms with Crippen LogP contribution in [-0.4, -0.2) is 33.4 Å². The number of halogens is 1. The predicted molar refractivity (Wildman–Crippen MR) is 87.3 cm³/mol. The van der Waals surface area contributed by atoms with Gasteiger partial charge in [0, 0.05) is 32.4 Å². The number of methoxy groups -OCH3 is 1. The zero-order valence-corrected chi connectivity index (χ0v) is 13.8. The summed E-state index contributed by atoms with van der Waals surface area (Å²) in [5.41, 5.74) is 2.12. The number of nitrogens with zero attached hydrogens (tertiary/aromatic N) is 1. The van der Waals surface area contributed by atoms with Crippen LogP contribution in [0.15, 0.2) is 18.2 Å². The smallest absolute Gasteiger partial charge is 0.123 e. The summed E-state index contributed by atoms with van der Waals surface area (Å²) < 4.78 is 18.8. The number of anilines is 1. The first-order valence-corrected chi connectivity index (χ1v) is 7.81. The minimum Gasteiger partial charge on any atom is -0.383 e. The third-order valence-corrected chi connectivity index (χ3v) is 3.28. The first kappa shape index (κ1) is 17.9. The standard InChI is InChI=1S/C17H29FN2O/c1-5-8-19-12-15-11-16(18)6-7-17(15)20(9-10-21-4)13-14(2)3/h6-7,11,14,19H,5,8-10,12-13H2,1-4H3. The van der Waals surface area contributed by atoms with E-state index in [1.54, 1.807) is 19.2 Å². The van der Waals surface area contributed by atoms with E-state index in [2.05, 4.69) is 31.0 Å². The van der Waals surface area contributed by atoms with Gasteiger partial charge in [0.2, 0.25) is 0 Å². The number of hydrogen-bond donors (Lipinski definition) is 1. The van der Waals surface area contributed by atoms with Crippen LogP contribution in [-0.2, 0) is 11.3 Å². The van der Waals surface area contributed by atoms with Crippen LogP contribution in [0.4, 0.5) is 10.1 Å². The Labute approximate surface area is 128 Å². The van der Waals surface area contributed by atoms with Crippen molar-refractivity contribution in [1.82, 2.24) is 5.32 Å². The molecular formula is C17H29FN2O. The number of ether oxygens (including phenoxy) is 1. The van der Waals surface area contributed by atoms with Crippen LogP contribution >= 0.6 is 0 Å². The molecule has 1 aromatic carbocycles. The van der Waals surface area contributed by atoms with Crippen molar-refractivity contribution in [1.29, 1.82) is 0 Å². The van der Waals surface area contributed by atoms with Crippen molar-refractivity contribution in [2.24, 2.45) is 5.92 Å². The van der Waals surface area contributed by atoms with E-state index in [-0.39, 0.29) is 5.82 Å². The normalized spacial score (nSPS) is 11.1. The van der Waals surface area contributed by atoms with Gasteiger partial charge in [0.25, 0.3) is 0 Å². The quantitative estimate of drug-likeness (QED) is 0.669. The Morgan fingerprint density at radius 2 is 2.10 bits per heavy atom. The van der Waals surface area contributed by atoms with E-state index in [1.807, 2.05) is 6.07 Å². The molecule has 0 aliphatic carbocycles. The summed E-state index contributed by atoms with van der Waals surface area (Å²) in [6.07, 6.45) is 1.07. The Balaban J connectivity index is 2.92. The molecule has 1 N–H and O–H groups in total. The monoisotopic (exact) mass is 296 g/mol. The molecule has 120 valence electrons. The molecule has 3 nitrogen and oxygen atoms in total. The van der Waals surface area contributed by atoms with Gasteiger partial charge in [0.15, 0.2) is 0 Å². The molecule has 1 rings (SSSR count). The van der Waals surface area contributed by atoms with Gasteiger partial charge in [0.1, 0.15) is 5.82 Å². The molecule has 0 fully saturated rings. The first-order valence-electron chi connectivity index (χ1n) is 7.81. The maximum absolute atomic E-state index is 13.6. The molecule has 21 heavy (non-hydrogen) atoms. The van der Waals surface area contributed by atoms with Crippen molar-refractivity contribution in [2.45, 2.75) is 33.7 Å². The third-order valence-electron chi connectivity index (χ3n) is 3.28. The maximum Gasteiger partial charge on any atom is 0.123 e. The summed E-state index contributed by atoms with van der Waals surface area (Å²) in [6, 6.07) is 5.06. The predicted octanol–water partition coefficient (Wildman–Crippen LogP) is 3.43. The van der Waals surface area contributed by atoms with E-state index in [9.17, 15) is 4.39 Å². The lowest BCUT2D eigenvalue weighted by Crippen LogP contribution is -2.32. The van der Waals surface area contributed by atoms with Crippen LogP contribution in [0.5, 0.6) is 0 Å². The van der Waals surface area contributed by atoms with Gasteiger partial charge in [-0.15, -0.1) is 0 Å². The maximum atomic E-state index is 13.6. The molecule has 0 amide bonds. The van der Waals surface area contributed by atoms with Gasteiger partial charge in [-0.25, -0.2) is 4.39 Å². The topological polar surface area (TPSA) is 24.5 Å². The van der Waals surface area contributed by atoms with Crippen LogP contribution < -0.4 is 10.2 Å². The lowest BCUT2D eigenvalue weighted by atomic mass is 10.1. The van der Waals surface area contributed by atoms with Gasteiger partial charge in [-0.3, -0.25) is 0 Å². The van der Waals surface area contributed by atoms with E-state index < -0.39 is 0 Å².